The van der Waals surface area contributed by atoms with Crippen LogP contribution in [-0.2, 0) is 19.1 Å². The van der Waals surface area contributed by atoms with Gasteiger partial charge in [0, 0.05) is 16.9 Å². The molecule has 2 N–H and O–H groups in total. The Kier molecular flexibility index (Phi) is 7.63. The van der Waals surface area contributed by atoms with Crippen molar-refractivity contribution in [2.45, 2.75) is 29.7 Å². The average Bonchev–Trinajstić information content (AvgIpc) is 2.98. The number of fused-ring (bicyclic) bond motifs is 1. The molecule has 2 saturated heterocycles. The van der Waals surface area contributed by atoms with Crippen LogP contribution in [0.4, 0.5) is 0 Å². The molecule has 0 radical (unpaired) electrons. The second-order valence-electron chi connectivity index (χ2n) is 9.28. The molecule has 2 unspecified atom stereocenters. The maximum absolute atomic E-state index is 13.5. The molecule has 3 aromatic carbocycles. The Bertz CT molecular complexity index is 1370. The first-order valence-corrected chi connectivity index (χ1v) is 13.4. The van der Waals surface area contributed by atoms with Gasteiger partial charge < -0.3 is 20.1 Å². The van der Waals surface area contributed by atoms with E-state index in [-0.39, 0.29) is 11.1 Å². The number of aliphatic hydroxyl groups excluding tert-OH is 1. The van der Waals surface area contributed by atoms with Crippen LogP contribution in [0.25, 0.3) is 0 Å². The van der Waals surface area contributed by atoms with Crippen molar-refractivity contribution < 1.29 is 29.0 Å². The van der Waals surface area contributed by atoms with Gasteiger partial charge in [0.2, 0.25) is 5.91 Å². The van der Waals surface area contributed by atoms with Crippen molar-refractivity contribution >= 4 is 35.8 Å². The number of amides is 2. The minimum atomic E-state index is -1.63. The predicted molar refractivity (Wildman–Crippen MR) is 146 cm³/mol. The first-order chi connectivity index (χ1) is 18.9. The van der Waals surface area contributed by atoms with Crippen LogP contribution in [0.1, 0.15) is 39.3 Å². The second kappa shape index (κ2) is 11.3. The van der Waals surface area contributed by atoms with E-state index < -0.39 is 47.4 Å². The Labute approximate surface area is 229 Å². The van der Waals surface area contributed by atoms with Crippen molar-refractivity contribution in [3.05, 3.63) is 119 Å². The number of thioether (sulfide) groups is 1. The smallest absolute Gasteiger partial charge is 0.334 e. The molecule has 2 amide bonds. The van der Waals surface area contributed by atoms with Gasteiger partial charge in [-0.3, -0.25) is 14.4 Å². The van der Waals surface area contributed by atoms with Gasteiger partial charge in [-0.15, -0.1) is 11.8 Å². The number of nitrogens with one attached hydrogen (secondary N) is 1. The summed E-state index contributed by atoms with van der Waals surface area (Å²) in [7, 11) is 0. The molecule has 2 aliphatic rings. The Hall–Kier alpha value is -4.21. The third-order valence-corrected chi connectivity index (χ3v) is 8.19. The number of nitrogens with zero attached hydrogens (tertiary/aromatic N) is 1. The maximum atomic E-state index is 13.5. The summed E-state index contributed by atoms with van der Waals surface area (Å²) in [5, 5.41) is 12.6. The highest BCUT2D eigenvalue weighted by atomic mass is 32.2. The van der Waals surface area contributed by atoms with Crippen LogP contribution in [0.2, 0.25) is 0 Å². The number of esters is 1. The molecule has 8 nitrogen and oxygen atoms in total. The fourth-order valence-electron chi connectivity index (χ4n) is 4.82. The highest BCUT2D eigenvalue weighted by Gasteiger charge is 2.57. The third kappa shape index (κ3) is 5.10. The van der Waals surface area contributed by atoms with E-state index in [0.29, 0.717) is 17.6 Å². The van der Waals surface area contributed by atoms with Crippen molar-refractivity contribution in [2.75, 3.05) is 5.75 Å². The van der Waals surface area contributed by atoms with Crippen LogP contribution in [0.3, 0.4) is 0 Å². The van der Waals surface area contributed by atoms with Gasteiger partial charge in [0.25, 0.3) is 5.91 Å². The number of rotatable bonds is 8. The van der Waals surface area contributed by atoms with Gasteiger partial charge in [-0.25, -0.2) is 4.79 Å². The summed E-state index contributed by atoms with van der Waals surface area (Å²) in [6.07, 6.45) is -1.75. The van der Waals surface area contributed by atoms with Gasteiger partial charge in [-0.05, 0) is 16.7 Å². The lowest BCUT2D eigenvalue weighted by atomic mass is 9.97. The summed E-state index contributed by atoms with van der Waals surface area (Å²) in [6.45, 7) is 4.02. The number of benzene rings is 3. The number of hydrogen-bond donors (Lipinski definition) is 2. The van der Waals surface area contributed by atoms with Crippen molar-refractivity contribution in [3.8, 4) is 0 Å². The lowest BCUT2D eigenvalue weighted by Crippen LogP contribution is -2.75. The van der Waals surface area contributed by atoms with E-state index in [0.717, 1.165) is 11.1 Å². The summed E-state index contributed by atoms with van der Waals surface area (Å²) in [4.78, 5) is 52.3. The lowest BCUT2D eigenvalue weighted by Gasteiger charge is -2.53. The van der Waals surface area contributed by atoms with Gasteiger partial charge in [-0.2, -0.15) is 0 Å². The monoisotopic (exact) mass is 542 g/mol. The van der Waals surface area contributed by atoms with Crippen LogP contribution in [-0.4, -0.2) is 57.3 Å². The molecule has 2 fully saturated rings. The number of hydrogen-bond acceptors (Lipinski definition) is 7. The molecule has 0 aliphatic carbocycles. The first-order valence-electron chi connectivity index (χ1n) is 12.3. The van der Waals surface area contributed by atoms with Crippen LogP contribution in [0.15, 0.2) is 97.1 Å². The van der Waals surface area contributed by atoms with Crippen molar-refractivity contribution in [3.63, 3.8) is 0 Å². The number of carbonyl (C=O) groups is 4. The second-order valence-corrected chi connectivity index (χ2v) is 10.4. The molecule has 0 bridgehead atoms. The minimum Gasteiger partial charge on any atom is -0.451 e. The van der Waals surface area contributed by atoms with E-state index in [1.54, 1.807) is 12.1 Å². The molecule has 9 heteroatoms. The van der Waals surface area contributed by atoms with Crippen molar-refractivity contribution in [1.82, 2.24) is 10.2 Å². The average molecular weight is 543 g/mol. The van der Waals surface area contributed by atoms with Gasteiger partial charge in [0.1, 0.15) is 17.7 Å². The number of β-lactam (4-membered cyclic amide) rings is 1. The van der Waals surface area contributed by atoms with Crippen LogP contribution in [0.5, 0.6) is 0 Å². The Morgan fingerprint density at radius 2 is 1.59 bits per heavy atom. The SMILES string of the molecule is C=C1CS[C@H]2[C@H](NC(=O)C(O)c3ccccc3C=O)C(=O)N2C1C(=O)OC(c1ccccc1)c1ccccc1. The van der Waals surface area contributed by atoms with Crippen LogP contribution >= 0.6 is 11.8 Å². The molecule has 4 atom stereocenters. The summed E-state index contributed by atoms with van der Waals surface area (Å²) in [5.41, 5.74) is 2.43. The Morgan fingerprint density at radius 3 is 2.21 bits per heavy atom. The Morgan fingerprint density at radius 1 is 1.00 bits per heavy atom. The summed E-state index contributed by atoms with van der Waals surface area (Å²) in [6, 6.07) is 22.9. The van der Waals surface area contributed by atoms with E-state index in [4.69, 9.17) is 4.74 Å². The zero-order valence-electron chi connectivity index (χ0n) is 20.8. The predicted octanol–water partition coefficient (Wildman–Crippen LogP) is 3.19. The van der Waals surface area contributed by atoms with Gasteiger partial charge in [0.15, 0.2) is 18.2 Å². The quantitative estimate of drug-likeness (QED) is 0.195. The van der Waals surface area contributed by atoms with Gasteiger partial charge >= 0.3 is 5.97 Å². The topological polar surface area (TPSA) is 113 Å². The number of carbonyl (C=O) groups excluding carboxylic acids is 4. The van der Waals surface area contributed by atoms with Crippen LogP contribution < -0.4 is 5.32 Å². The molecular weight excluding hydrogens is 516 g/mol. The normalized spacial score (nSPS) is 21.0. The zero-order valence-corrected chi connectivity index (χ0v) is 21.6. The van der Waals surface area contributed by atoms with Crippen LogP contribution in [0, 0.1) is 0 Å². The molecule has 198 valence electrons. The first kappa shape index (κ1) is 26.4. The summed E-state index contributed by atoms with van der Waals surface area (Å²) >= 11 is 1.37. The molecule has 39 heavy (non-hydrogen) atoms. The summed E-state index contributed by atoms with van der Waals surface area (Å²) < 4.78 is 6.01. The number of aldehydes is 1. The molecule has 5 rings (SSSR count). The van der Waals surface area contributed by atoms with Crippen molar-refractivity contribution in [2.24, 2.45) is 0 Å². The molecule has 3 aromatic rings. The Balaban J connectivity index is 1.32. The third-order valence-electron chi connectivity index (χ3n) is 6.81. The number of ether oxygens (including phenoxy) is 1. The largest absolute Gasteiger partial charge is 0.451 e. The van der Waals surface area contributed by atoms with E-state index in [1.807, 2.05) is 60.7 Å². The molecule has 2 aliphatic heterocycles. The van der Waals surface area contributed by atoms with E-state index >= 15 is 0 Å². The molecule has 0 saturated carbocycles. The molecule has 0 aromatic heterocycles. The molecular formula is C30H26N2O6S. The van der Waals surface area contributed by atoms with E-state index in [1.165, 1.54) is 28.8 Å². The standard InChI is InChI=1S/C30H26N2O6S/c1-18-17-39-29-23(31-27(35)25(34)22-15-9-8-14-21(22)16-33)28(36)32(29)24(18)30(37)38-26(19-10-4-2-5-11-19)20-12-6-3-7-13-20/h2-16,23-26,29,34H,1,17H2,(H,31,35)/t23-,24?,25?,29+/m1/s1. The van der Waals surface area contributed by atoms with E-state index in [2.05, 4.69) is 11.9 Å². The minimum absolute atomic E-state index is 0.146. The number of aliphatic hydroxyl groups is 1. The van der Waals surface area contributed by atoms with E-state index in [9.17, 15) is 24.3 Å². The molecule has 0 spiro atoms. The summed E-state index contributed by atoms with van der Waals surface area (Å²) in [5.74, 6) is -1.51. The maximum Gasteiger partial charge on any atom is 0.334 e. The lowest BCUT2D eigenvalue weighted by molar-refractivity contribution is -0.166. The molecule has 2 heterocycles. The van der Waals surface area contributed by atoms with Crippen molar-refractivity contribution in [1.29, 1.82) is 0 Å². The fourth-order valence-corrected chi connectivity index (χ4v) is 6.13. The fraction of sp³-hybridized carbons (Fsp3) is 0.200. The van der Waals surface area contributed by atoms with Gasteiger partial charge in [-0.1, -0.05) is 91.5 Å². The van der Waals surface area contributed by atoms with Gasteiger partial charge in [0.05, 0.1) is 0 Å². The highest BCUT2D eigenvalue weighted by molar-refractivity contribution is 8.00. The highest BCUT2D eigenvalue weighted by Crippen LogP contribution is 2.41. The zero-order chi connectivity index (χ0) is 27.5.